The summed E-state index contributed by atoms with van der Waals surface area (Å²) in [7, 11) is 0. The Balaban J connectivity index is 2.62. The molecule has 0 amide bonds. The molecule has 0 aliphatic carbocycles. The van der Waals surface area contributed by atoms with E-state index in [0.717, 1.165) is 5.75 Å². The van der Waals surface area contributed by atoms with Gasteiger partial charge in [0, 0.05) is 12.0 Å². The van der Waals surface area contributed by atoms with E-state index in [9.17, 15) is 0 Å². The number of hydrogen-bond donors (Lipinski definition) is 1. The molecule has 0 saturated heterocycles. The number of nitrogens with two attached hydrogens (primary N) is 1. The smallest absolute Gasteiger partial charge is 0.122 e. The minimum absolute atomic E-state index is 0.176. The highest BCUT2D eigenvalue weighted by atomic mass is 16.5. The molecule has 0 heterocycles. The van der Waals surface area contributed by atoms with Gasteiger partial charge in [0.2, 0.25) is 0 Å². The van der Waals surface area contributed by atoms with Crippen LogP contribution < -0.4 is 10.5 Å². The summed E-state index contributed by atoms with van der Waals surface area (Å²) in [6.07, 6.45) is 0. The molecule has 15 heavy (non-hydrogen) atoms. The van der Waals surface area contributed by atoms with Gasteiger partial charge < -0.3 is 10.5 Å². The lowest BCUT2D eigenvalue weighted by Gasteiger charge is -2.17. The molecular formula is C13H21NO. The van der Waals surface area contributed by atoms with Gasteiger partial charge in [0.1, 0.15) is 5.75 Å². The predicted molar refractivity (Wildman–Crippen MR) is 64.2 cm³/mol. The lowest BCUT2D eigenvalue weighted by atomic mass is 10.1. The third-order valence-electron chi connectivity index (χ3n) is 2.95. The summed E-state index contributed by atoms with van der Waals surface area (Å²) in [6.45, 7) is 8.98. The van der Waals surface area contributed by atoms with Crippen molar-refractivity contribution in [2.75, 3.05) is 6.61 Å². The molecule has 0 aliphatic heterocycles. The zero-order valence-corrected chi connectivity index (χ0v) is 10.1. The van der Waals surface area contributed by atoms with Crippen molar-refractivity contribution in [2.45, 2.75) is 33.7 Å². The first-order valence-corrected chi connectivity index (χ1v) is 5.47. The second-order valence-electron chi connectivity index (χ2n) is 4.35. The Hall–Kier alpha value is -1.02. The summed E-state index contributed by atoms with van der Waals surface area (Å²) < 4.78 is 5.76. The summed E-state index contributed by atoms with van der Waals surface area (Å²) in [6, 6.07) is 6.30. The number of ether oxygens (including phenoxy) is 1. The minimum atomic E-state index is 0.176. The van der Waals surface area contributed by atoms with E-state index in [0.29, 0.717) is 12.5 Å². The van der Waals surface area contributed by atoms with Crippen molar-refractivity contribution in [2.24, 2.45) is 11.7 Å². The average Bonchev–Trinajstić information content (AvgIpc) is 2.19. The zero-order chi connectivity index (χ0) is 11.4. The lowest BCUT2D eigenvalue weighted by molar-refractivity contribution is 0.241. The number of aryl methyl sites for hydroxylation is 1. The molecule has 0 bridgehead atoms. The third-order valence-corrected chi connectivity index (χ3v) is 2.95. The molecule has 84 valence electrons. The highest BCUT2D eigenvalue weighted by molar-refractivity contribution is 5.38. The van der Waals surface area contributed by atoms with E-state index in [1.54, 1.807) is 0 Å². The van der Waals surface area contributed by atoms with Crippen LogP contribution in [0.1, 0.15) is 25.0 Å². The lowest BCUT2D eigenvalue weighted by Crippen LogP contribution is -2.28. The van der Waals surface area contributed by atoms with E-state index < -0.39 is 0 Å². The van der Waals surface area contributed by atoms with Crippen LogP contribution >= 0.6 is 0 Å². The molecular weight excluding hydrogens is 186 g/mol. The van der Waals surface area contributed by atoms with Gasteiger partial charge in [0.15, 0.2) is 0 Å². The Kier molecular flexibility index (Phi) is 4.15. The van der Waals surface area contributed by atoms with Crippen LogP contribution in [0.25, 0.3) is 0 Å². The molecule has 0 fully saturated rings. The molecule has 2 heteroatoms. The fourth-order valence-corrected chi connectivity index (χ4v) is 1.25. The first kappa shape index (κ1) is 12.1. The normalized spacial score (nSPS) is 14.7. The molecule has 1 aromatic rings. The predicted octanol–water partition coefficient (Wildman–Crippen LogP) is 2.67. The summed E-state index contributed by atoms with van der Waals surface area (Å²) >= 11 is 0. The molecule has 2 atom stereocenters. The quantitative estimate of drug-likeness (QED) is 0.823. The molecule has 0 aromatic heterocycles. The van der Waals surface area contributed by atoms with Crippen molar-refractivity contribution in [3.63, 3.8) is 0 Å². The molecule has 0 saturated carbocycles. The van der Waals surface area contributed by atoms with Crippen molar-refractivity contribution >= 4 is 0 Å². The van der Waals surface area contributed by atoms with Crippen LogP contribution in [0.15, 0.2) is 18.2 Å². The van der Waals surface area contributed by atoms with Crippen LogP contribution in [0.2, 0.25) is 0 Å². The Morgan fingerprint density at radius 1 is 1.27 bits per heavy atom. The Morgan fingerprint density at radius 3 is 2.53 bits per heavy atom. The van der Waals surface area contributed by atoms with Crippen LogP contribution in [-0.2, 0) is 0 Å². The third kappa shape index (κ3) is 3.24. The van der Waals surface area contributed by atoms with Gasteiger partial charge in [0.05, 0.1) is 6.61 Å². The monoisotopic (exact) mass is 207 g/mol. The topological polar surface area (TPSA) is 35.2 Å². The highest BCUT2D eigenvalue weighted by Gasteiger charge is 2.09. The van der Waals surface area contributed by atoms with Crippen molar-refractivity contribution in [1.82, 2.24) is 0 Å². The van der Waals surface area contributed by atoms with Crippen LogP contribution in [0.4, 0.5) is 0 Å². The van der Waals surface area contributed by atoms with Gasteiger partial charge >= 0.3 is 0 Å². The first-order chi connectivity index (χ1) is 7.02. The number of rotatable bonds is 4. The average molecular weight is 207 g/mol. The fraction of sp³-hybridized carbons (Fsp3) is 0.538. The molecule has 0 spiro atoms. The van der Waals surface area contributed by atoms with Gasteiger partial charge in [-0.1, -0.05) is 19.1 Å². The van der Waals surface area contributed by atoms with E-state index in [1.165, 1.54) is 11.1 Å². The van der Waals surface area contributed by atoms with E-state index in [1.807, 2.05) is 19.1 Å². The van der Waals surface area contributed by atoms with Crippen molar-refractivity contribution in [3.8, 4) is 5.75 Å². The maximum absolute atomic E-state index is 5.79. The number of hydrogen-bond acceptors (Lipinski definition) is 2. The summed E-state index contributed by atoms with van der Waals surface area (Å²) in [4.78, 5) is 0. The standard InChI is InChI=1S/C13H21NO/c1-9-6-5-7-13(11(9)3)15-8-10(2)12(4)14/h5-7,10,12H,8,14H2,1-4H3. The van der Waals surface area contributed by atoms with Gasteiger partial charge in [-0.3, -0.25) is 0 Å². The van der Waals surface area contributed by atoms with E-state index in [-0.39, 0.29) is 6.04 Å². The fourth-order valence-electron chi connectivity index (χ4n) is 1.25. The Labute approximate surface area is 92.4 Å². The van der Waals surface area contributed by atoms with Crippen LogP contribution in [0.3, 0.4) is 0 Å². The second-order valence-corrected chi connectivity index (χ2v) is 4.35. The van der Waals surface area contributed by atoms with Crippen LogP contribution in [-0.4, -0.2) is 12.6 Å². The maximum atomic E-state index is 5.79. The van der Waals surface area contributed by atoms with Crippen molar-refractivity contribution in [3.05, 3.63) is 29.3 Å². The van der Waals surface area contributed by atoms with E-state index >= 15 is 0 Å². The molecule has 2 unspecified atom stereocenters. The van der Waals surface area contributed by atoms with Crippen LogP contribution in [0.5, 0.6) is 5.75 Å². The SMILES string of the molecule is Cc1cccc(OCC(C)C(C)N)c1C. The van der Waals surface area contributed by atoms with Gasteiger partial charge in [-0.05, 0) is 38.0 Å². The Bertz CT molecular complexity index is 320. The van der Waals surface area contributed by atoms with Crippen molar-refractivity contribution in [1.29, 1.82) is 0 Å². The van der Waals surface area contributed by atoms with Gasteiger partial charge in [-0.25, -0.2) is 0 Å². The van der Waals surface area contributed by atoms with E-state index in [4.69, 9.17) is 10.5 Å². The largest absolute Gasteiger partial charge is 0.493 e. The van der Waals surface area contributed by atoms with Gasteiger partial charge in [0.25, 0.3) is 0 Å². The minimum Gasteiger partial charge on any atom is -0.493 e. The summed E-state index contributed by atoms with van der Waals surface area (Å²) in [5, 5.41) is 0. The van der Waals surface area contributed by atoms with Crippen molar-refractivity contribution < 1.29 is 4.74 Å². The molecule has 2 N–H and O–H groups in total. The molecule has 0 aliphatic rings. The maximum Gasteiger partial charge on any atom is 0.122 e. The summed E-state index contributed by atoms with van der Waals surface area (Å²) in [5.74, 6) is 1.35. The molecule has 2 nitrogen and oxygen atoms in total. The van der Waals surface area contributed by atoms with Gasteiger partial charge in [-0.2, -0.15) is 0 Å². The first-order valence-electron chi connectivity index (χ1n) is 5.47. The second kappa shape index (κ2) is 5.17. The number of benzene rings is 1. The zero-order valence-electron chi connectivity index (χ0n) is 10.1. The van der Waals surface area contributed by atoms with E-state index in [2.05, 4.69) is 26.8 Å². The molecule has 0 radical (unpaired) electrons. The molecule has 1 rings (SSSR count). The Morgan fingerprint density at radius 2 is 1.93 bits per heavy atom. The highest BCUT2D eigenvalue weighted by Crippen LogP contribution is 2.21. The van der Waals surface area contributed by atoms with Gasteiger partial charge in [-0.15, -0.1) is 0 Å². The summed E-state index contributed by atoms with van der Waals surface area (Å²) in [5.41, 5.74) is 8.27. The van der Waals surface area contributed by atoms with Crippen LogP contribution in [0, 0.1) is 19.8 Å². The molecule has 1 aromatic carbocycles.